The molecule has 2 aromatic rings. The molecule has 3 aliphatic rings. The Morgan fingerprint density at radius 1 is 1.06 bits per heavy atom. The van der Waals surface area contributed by atoms with Crippen LogP contribution in [0.5, 0.6) is 0 Å². The van der Waals surface area contributed by atoms with Gasteiger partial charge < -0.3 is 9.80 Å². The second-order valence-electron chi connectivity index (χ2n) is 9.85. The molecule has 8 heteroatoms. The van der Waals surface area contributed by atoms with Crippen LogP contribution in [0.4, 0.5) is 15.9 Å². The Morgan fingerprint density at radius 2 is 1.89 bits per heavy atom. The van der Waals surface area contributed by atoms with E-state index in [0.717, 1.165) is 87.0 Å². The van der Waals surface area contributed by atoms with Gasteiger partial charge in [-0.25, -0.2) is 9.37 Å². The molecule has 0 N–H and O–H groups in total. The first-order valence-electron chi connectivity index (χ1n) is 12.8. The van der Waals surface area contributed by atoms with Crippen molar-refractivity contribution in [2.24, 2.45) is 0 Å². The van der Waals surface area contributed by atoms with Gasteiger partial charge in [-0.2, -0.15) is 0 Å². The SMILES string of the molecule is CCC1CN(c2ncc(N3C=CCC3)cc2Cl)CCN1C1CCN(Cc2ccc(Cl)cc2F)CC1. The zero-order valence-corrected chi connectivity index (χ0v) is 21.9. The number of hydrogen-bond donors (Lipinski definition) is 0. The van der Waals surface area contributed by atoms with Gasteiger partial charge in [0, 0.05) is 61.6 Å². The molecule has 0 aliphatic carbocycles. The average molecular weight is 519 g/mol. The van der Waals surface area contributed by atoms with Crippen LogP contribution >= 0.6 is 23.2 Å². The third-order valence-electron chi connectivity index (χ3n) is 7.70. The van der Waals surface area contributed by atoms with E-state index in [1.54, 1.807) is 6.07 Å². The van der Waals surface area contributed by atoms with Crippen LogP contribution in [0.3, 0.4) is 0 Å². The number of piperazine rings is 1. The molecular formula is C27H34Cl2FN5. The largest absolute Gasteiger partial charge is 0.353 e. The summed E-state index contributed by atoms with van der Waals surface area (Å²) in [7, 11) is 0. The van der Waals surface area contributed by atoms with Crippen molar-refractivity contribution in [2.45, 2.75) is 51.2 Å². The molecule has 2 saturated heterocycles. The smallest absolute Gasteiger partial charge is 0.147 e. The number of pyridine rings is 1. The first kappa shape index (κ1) is 24.8. The predicted octanol–water partition coefficient (Wildman–Crippen LogP) is 5.82. The van der Waals surface area contributed by atoms with Gasteiger partial charge in [-0.3, -0.25) is 9.80 Å². The Labute approximate surface area is 218 Å². The summed E-state index contributed by atoms with van der Waals surface area (Å²) < 4.78 is 14.2. The van der Waals surface area contributed by atoms with Gasteiger partial charge in [-0.05, 0) is 57.0 Å². The van der Waals surface area contributed by atoms with Gasteiger partial charge in [0.15, 0.2) is 0 Å². The molecule has 5 rings (SSSR count). The summed E-state index contributed by atoms with van der Waals surface area (Å²) in [5, 5.41) is 1.18. The lowest BCUT2D eigenvalue weighted by Crippen LogP contribution is -2.58. The molecule has 1 aromatic heterocycles. The highest BCUT2D eigenvalue weighted by Gasteiger charge is 2.34. The zero-order valence-electron chi connectivity index (χ0n) is 20.3. The summed E-state index contributed by atoms with van der Waals surface area (Å²) in [5.74, 6) is 0.690. The van der Waals surface area contributed by atoms with E-state index >= 15 is 0 Å². The molecule has 0 amide bonds. The summed E-state index contributed by atoms with van der Waals surface area (Å²) >= 11 is 12.6. The van der Waals surface area contributed by atoms with Crippen molar-refractivity contribution in [1.29, 1.82) is 0 Å². The van der Waals surface area contributed by atoms with E-state index in [2.05, 4.69) is 38.8 Å². The Bertz CT molecular complexity index is 1060. The minimum absolute atomic E-state index is 0.209. The van der Waals surface area contributed by atoms with Crippen LogP contribution in [-0.2, 0) is 6.54 Å². The first-order valence-corrected chi connectivity index (χ1v) is 13.5. The quantitative estimate of drug-likeness (QED) is 0.481. The van der Waals surface area contributed by atoms with Gasteiger partial charge in [-0.15, -0.1) is 0 Å². The number of likely N-dealkylation sites (tertiary alicyclic amines) is 1. The van der Waals surface area contributed by atoms with Crippen LogP contribution in [0, 0.1) is 5.82 Å². The van der Waals surface area contributed by atoms with Crippen molar-refractivity contribution in [3.63, 3.8) is 0 Å². The van der Waals surface area contributed by atoms with Gasteiger partial charge >= 0.3 is 0 Å². The average Bonchev–Trinajstić information content (AvgIpc) is 3.41. The van der Waals surface area contributed by atoms with Crippen molar-refractivity contribution in [3.8, 4) is 0 Å². The number of nitrogens with zero attached hydrogens (tertiary/aromatic N) is 5. The summed E-state index contributed by atoms with van der Waals surface area (Å²) in [6.45, 7) is 8.79. The molecule has 2 fully saturated rings. The maximum Gasteiger partial charge on any atom is 0.147 e. The van der Waals surface area contributed by atoms with Crippen molar-refractivity contribution < 1.29 is 4.39 Å². The molecule has 4 heterocycles. The number of aromatic nitrogens is 1. The van der Waals surface area contributed by atoms with Crippen molar-refractivity contribution >= 4 is 34.7 Å². The Kier molecular flexibility index (Phi) is 7.83. The zero-order chi connectivity index (χ0) is 24.4. The maximum atomic E-state index is 14.2. The van der Waals surface area contributed by atoms with Crippen LogP contribution in [-0.4, -0.2) is 66.1 Å². The third-order valence-corrected chi connectivity index (χ3v) is 8.21. The highest BCUT2D eigenvalue weighted by Crippen LogP contribution is 2.32. The van der Waals surface area contributed by atoms with E-state index in [1.807, 2.05) is 18.3 Å². The molecule has 0 radical (unpaired) electrons. The van der Waals surface area contributed by atoms with Crippen molar-refractivity contribution in [1.82, 2.24) is 14.8 Å². The molecule has 3 aliphatic heterocycles. The molecule has 0 spiro atoms. The van der Waals surface area contributed by atoms with E-state index in [9.17, 15) is 4.39 Å². The number of piperidine rings is 1. The second-order valence-corrected chi connectivity index (χ2v) is 10.7. The van der Waals surface area contributed by atoms with Crippen molar-refractivity contribution in [3.05, 3.63) is 64.2 Å². The fraction of sp³-hybridized carbons (Fsp3) is 0.519. The Morgan fingerprint density at radius 3 is 2.57 bits per heavy atom. The fourth-order valence-electron chi connectivity index (χ4n) is 5.72. The Balaban J connectivity index is 1.17. The summed E-state index contributed by atoms with van der Waals surface area (Å²) in [4.78, 5) is 14.4. The summed E-state index contributed by atoms with van der Waals surface area (Å²) in [6, 6.07) is 8.09. The normalized spacial score (nSPS) is 22.3. The van der Waals surface area contributed by atoms with Crippen LogP contribution < -0.4 is 9.80 Å². The Hall–Kier alpha value is -1.86. The molecule has 35 heavy (non-hydrogen) atoms. The van der Waals surface area contributed by atoms with Crippen LogP contribution in [0.2, 0.25) is 10.0 Å². The van der Waals surface area contributed by atoms with Crippen LogP contribution in [0.15, 0.2) is 42.7 Å². The second kappa shape index (κ2) is 11.0. The number of anilines is 2. The molecule has 1 aromatic carbocycles. The van der Waals surface area contributed by atoms with Crippen LogP contribution in [0.1, 0.15) is 38.2 Å². The van der Waals surface area contributed by atoms with Gasteiger partial charge in [0.05, 0.1) is 16.9 Å². The minimum Gasteiger partial charge on any atom is -0.353 e. The van der Waals surface area contributed by atoms with E-state index < -0.39 is 0 Å². The van der Waals surface area contributed by atoms with Crippen LogP contribution in [0.25, 0.3) is 0 Å². The minimum atomic E-state index is -0.209. The van der Waals surface area contributed by atoms with E-state index in [-0.39, 0.29) is 5.82 Å². The molecular weight excluding hydrogens is 484 g/mol. The maximum absolute atomic E-state index is 14.2. The molecule has 0 saturated carbocycles. The lowest BCUT2D eigenvalue weighted by atomic mass is 9.97. The first-order chi connectivity index (χ1) is 17.0. The standard InChI is InChI=1S/C27H34Cl2FN5/c1-2-22-19-34(27-25(29)16-24(17-31-27)33-9-3-4-10-33)13-14-35(22)23-7-11-32(12-8-23)18-20-5-6-21(28)15-26(20)30/h3,5-6,9,15-17,22-23H,2,4,7-8,10-14,18-19H2,1H3. The molecule has 5 nitrogen and oxygen atoms in total. The van der Waals surface area contributed by atoms with Crippen molar-refractivity contribution in [2.75, 3.05) is 49.1 Å². The molecule has 0 bridgehead atoms. The van der Waals surface area contributed by atoms with Gasteiger partial charge in [0.2, 0.25) is 0 Å². The lowest BCUT2D eigenvalue weighted by molar-refractivity contribution is 0.0607. The molecule has 188 valence electrons. The van der Waals surface area contributed by atoms with E-state index in [0.29, 0.717) is 23.7 Å². The fourth-order valence-corrected chi connectivity index (χ4v) is 6.16. The molecule has 1 unspecified atom stereocenters. The lowest BCUT2D eigenvalue weighted by Gasteiger charge is -2.47. The number of rotatable bonds is 6. The predicted molar refractivity (Wildman–Crippen MR) is 143 cm³/mol. The van der Waals surface area contributed by atoms with Gasteiger partial charge in [0.1, 0.15) is 11.6 Å². The van der Waals surface area contributed by atoms with E-state index in [1.165, 1.54) is 6.07 Å². The monoisotopic (exact) mass is 517 g/mol. The third kappa shape index (κ3) is 5.61. The highest BCUT2D eigenvalue weighted by atomic mass is 35.5. The molecule has 1 atom stereocenters. The van der Waals surface area contributed by atoms with E-state index in [4.69, 9.17) is 28.2 Å². The highest BCUT2D eigenvalue weighted by molar-refractivity contribution is 6.33. The van der Waals surface area contributed by atoms with Gasteiger partial charge in [-0.1, -0.05) is 42.3 Å². The number of halogens is 3. The van der Waals surface area contributed by atoms with Gasteiger partial charge in [0.25, 0.3) is 0 Å². The number of benzene rings is 1. The number of hydrogen-bond acceptors (Lipinski definition) is 5. The summed E-state index contributed by atoms with van der Waals surface area (Å²) in [5.41, 5.74) is 1.78. The summed E-state index contributed by atoms with van der Waals surface area (Å²) in [6.07, 6.45) is 10.6. The topological polar surface area (TPSA) is 25.9 Å².